The van der Waals surface area contributed by atoms with Crippen molar-refractivity contribution in [3.63, 3.8) is 0 Å². The first-order valence-corrected chi connectivity index (χ1v) is 10.6. The third-order valence-corrected chi connectivity index (χ3v) is 4.91. The Labute approximate surface area is 199 Å². The maximum atomic E-state index is 12.6. The van der Waals surface area contributed by atoms with Crippen LogP contribution < -0.4 is 15.4 Å². The lowest BCUT2D eigenvalue weighted by Crippen LogP contribution is -2.18. The molecule has 0 atom stereocenters. The van der Waals surface area contributed by atoms with Gasteiger partial charge >= 0.3 is 5.69 Å². The highest BCUT2D eigenvalue weighted by molar-refractivity contribution is 6.05. The number of aryl methyl sites for hydroxylation is 1. The largest absolute Gasteiger partial charge is 0.464 e. The first kappa shape index (κ1) is 23.2. The topological polar surface area (TPSA) is 146 Å². The van der Waals surface area contributed by atoms with Gasteiger partial charge in [0.05, 0.1) is 4.92 Å². The van der Waals surface area contributed by atoms with Gasteiger partial charge in [0.1, 0.15) is 5.69 Å². The van der Waals surface area contributed by atoms with E-state index in [2.05, 4.69) is 20.8 Å². The van der Waals surface area contributed by atoms with Crippen LogP contribution >= 0.6 is 0 Å². The van der Waals surface area contributed by atoms with E-state index >= 15 is 0 Å². The molecule has 0 aliphatic carbocycles. The van der Waals surface area contributed by atoms with E-state index < -0.39 is 10.8 Å². The minimum Gasteiger partial charge on any atom is -0.464 e. The average molecular weight is 475 g/mol. The van der Waals surface area contributed by atoms with E-state index in [0.717, 1.165) is 0 Å². The summed E-state index contributed by atoms with van der Waals surface area (Å²) in [6, 6.07) is 15.8. The van der Waals surface area contributed by atoms with Gasteiger partial charge in [-0.1, -0.05) is 18.2 Å². The summed E-state index contributed by atoms with van der Waals surface area (Å²) in [5.41, 5.74) is 1.35. The highest BCUT2D eigenvalue weighted by atomic mass is 16.6. The average Bonchev–Trinajstić information content (AvgIpc) is 3.53. The van der Waals surface area contributed by atoms with Crippen LogP contribution in [0.3, 0.4) is 0 Å². The molecule has 0 saturated heterocycles. The number of hydrogen-bond acceptors (Lipinski definition) is 7. The second-order valence-corrected chi connectivity index (χ2v) is 7.26. The minimum atomic E-state index is -0.536. The van der Waals surface area contributed by atoms with Crippen molar-refractivity contribution < 1.29 is 19.2 Å². The zero-order valence-electron chi connectivity index (χ0n) is 18.6. The monoisotopic (exact) mass is 475 g/mol. The Kier molecular flexibility index (Phi) is 6.81. The summed E-state index contributed by atoms with van der Waals surface area (Å²) >= 11 is 0. The number of benzene rings is 2. The van der Waals surface area contributed by atoms with Gasteiger partial charge in [-0.2, -0.15) is 10.2 Å². The zero-order valence-corrected chi connectivity index (χ0v) is 18.6. The van der Waals surface area contributed by atoms with Crippen molar-refractivity contribution >= 4 is 28.9 Å². The smallest absolute Gasteiger partial charge is 0.311 e. The summed E-state index contributed by atoms with van der Waals surface area (Å²) in [4.78, 5) is 35.7. The highest BCUT2D eigenvalue weighted by Crippen LogP contribution is 2.26. The minimum absolute atomic E-state index is 0.0971. The normalized spacial score (nSPS) is 10.5. The van der Waals surface area contributed by atoms with E-state index in [9.17, 15) is 19.7 Å². The predicted octanol–water partition coefficient (Wildman–Crippen LogP) is 3.55. The number of anilines is 2. The number of para-hydroxylation sites is 2. The fraction of sp³-hybridized carbons (Fsp3) is 0.130. The Morgan fingerprint density at radius 2 is 1.77 bits per heavy atom. The molecule has 12 heteroatoms. The number of amides is 2. The summed E-state index contributed by atoms with van der Waals surface area (Å²) in [7, 11) is 0. The van der Waals surface area contributed by atoms with Gasteiger partial charge in [-0.25, -0.2) is 4.68 Å². The molecule has 2 N–H and O–H groups in total. The SMILES string of the molecule is CCn1nccc1C(=O)Nc1cccc(NC(=O)c2ccn(COc3ccccc3[N+](=O)[O-])n2)c1. The maximum absolute atomic E-state index is 12.6. The Bertz CT molecular complexity index is 1380. The summed E-state index contributed by atoms with van der Waals surface area (Å²) < 4.78 is 8.40. The van der Waals surface area contributed by atoms with Gasteiger partial charge in [0.2, 0.25) is 0 Å². The van der Waals surface area contributed by atoms with E-state index in [1.165, 1.54) is 29.1 Å². The van der Waals surface area contributed by atoms with Crippen LogP contribution in [0.4, 0.5) is 17.1 Å². The van der Waals surface area contributed by atoms with Crippen LogP contribution in [0.5, 0.6) is 5.75 Å². The third kappa shape index (κ3) is 5.50. The Hall–Kier alpha value is -5.00. The molecular formula is C23H21N7O5. The summed E-state index contributed by atoms with van der Waals surface area (Å²) in [6.07, 6.45) is 3.08. The fourth-order valence-electron chi connectivity index (χ4n) is 3.26. The van der Waals surface area contributed by atoms with Crippen molar-refractivity contribution in [2.45, 2.75) is 20.2 Å². The number of nitro benzene ring substituents is 1. The summed E-state index contributed by atoms with van der Waals surface area (Å²) in [5, 5.41) is 24.8. The van der Waals surface area contributed by atoms with Crippen molar-refractivity contribution in [2.24, 2.45) is 0 Å². The molecule has 2 aromatic carbocycles. The molecule has 0 radical (unpaired) electrons. The van der Waals surface area contributed by atoms with Gasteiger partial charge in [-0.3, -0.25) is 24.4 Å². The van der Waals surface area contributed by atoms with Crippen molar-refractivity contribution in [1.82, 2.24) is 19.6 Å². The van der Waals surface area contributed by atoms with Crippen molar-refractivity contribution in [2.75, 3.05) is 10.6 Å². The van der Waals surface area contributed by atoms with E-state index in [1.807, 2.05) is 6.92 Å². The van der Waals surface area contributed by atoms with Gasteiger partial charge in [0.15, 0.2) is 18.2 Å². The zero-order chi connectivity index (χ0) is 24.8. The lowest BCUT2D eigenvalue weighted by Gasteiger charge is -2.09. The Morgan fingerprint density at radius 3 is 2.51 bits per heavy atom. The van der Waals surface area contributed by atoms with Gasteiger partial charge in [0, 0.05) is 36.4 Å². The molecule has 2 heterocycles. The molecule has 0 saturated carbocycles. The first-order chi connectivity index (χ1) is 16.9. The van der Waals surface area contributed by atoms with Crippen LogP contribution in [-0.2, 0) is 13.3 Å². The van der Waals surface area contributed by atoms with E-state index in [4.69, 9.17) is 4.74 Å². The molecule has 0 aliphatic rings. The van der Waals surface area contributed by atoms with Crippen LogP contribution in [0.15, 0.2) is 73.1 Å². The van der Waals surface area contributed by atoms with E-state index in [1.54, 1.807) is 53.3 Å². The standard InChI is InChI=1S/C23H21N7O5/c1-2-29-20(10-12-24-29)23(32)26-17-7-5-6-16(14-17)25-22(31)18-11-13-28(27-18)15-35-21-9-4-3-8-19(21)30(33)34/h3-14H,2,15H2,1H3,(H,25,31)(H,26,32). The molecule has 4 rings (SSSR count). The van der Waals surface area contributed by atoms with Crippen molar-refractivity contribution in [3.05, 3.63) is 94.6 Å². The number of carbonyl (C=O) groups excluding carboxylic acids is 2. The lowest BCUT2D eigenvalue weighted by atomic mass is 10.2. The second kappa shape index (κ2) is 10.3. The van der Waals surface area contributed by atoms with Crippen LogP contribution in [-0.4, -0.2) is 36.3 Å². The molecule has 0 unspecified atom stereocenters. The number of nitrogens with zero attached hydrogens (tertiary/aromatic N) is 5. The summed E-state index contributed by atoms with van der Waals surface area (Å²) in [6.45, 7) is 2.33. The van der Waals surface area contributed by atoms with Crippen molar-refractivity contribution in [3.8, 4) is 5.75 Å². The van der Waals surface area contributed by atoms with E-state index in [0.29, 0.717) is 23.6 Å². The molecule has 0 bridgehead atoms. The van der Waals surface area contributed by atoms with Gasteiger partial charge in [-0.15, -0.1) is 0 Å². The molecule has 0 spiro atoms. The van der Waals surface area contributed by atoms with Crippen LogP contribution in [0.2, 0.25) is 0 Å². The van der Waals surface area contributed by atoms with Crippen molar-refractivity contribution in [1.29, 1.82) is 0 Å². The first-order valence-electron chi connectivity index (χ1n) is 10.6. The number of aromatic nitrogens is 4. The molecular weight excluding hydrogens is 454 g/mol. The number of nitrogens with one attached hydrogen (secondary N) is 2. The Morgan fingerprint density at radius 1 is 1.03 bits per heavy atom. The molecule has 0 fully saturated rings. The molecule has 2 aromatic heterocycles. The maximum Gasteiger partial charge on any atom is 0.311 e. The molecule has 178 valence electrons. The molecule has 2 amide bonds. The quantitative estimate of drug-likeness (QED) is 0.278. The summed E-state index contributed by atoms with van der Waals surface area (Å²) in [5.74, 6) is -0.688. The van der Waals surface area contributed by atoms with E-state index in [-0.39, 0.29) is 29.8 Å². The van der Waals surface area contributed by atoms with Crippen LogP contribution in [0.25, 0.3) is 0 Å². The fourth-order valence-corrected chi connectivity index (χ4v) is 3.26. The van der Waals surface area contributed by atoms with Gasteiger partial charge in [-0.05, 0) is 43.3 Å². The van der Waals surface area contributed by atoms with Gasteiger partial charge < -0.3 is 15.4 Å². The highest BCUT2D eigenvalue weighted by Gasteiger charge is 2.15. The van der Waals surface area contributed by atoms with Gasteiger partial charge in [0.25, 0.3) is 11.8 Å². The molecule has 12 nitrogen and oxygen atoms in total. The second-order valence-electron chi connectivity index (χ2n) is 7.26. The number of carbonyl (C=O) groups is 2. The number of ether oxygens (including phenoxy) is 1. The number of rotatable bonds is 9. The molecule has 35 heavy (non-hydrogen) atoms. The molecule has 0 aliphatic heterocycles. The number of nitro groups is 1. The lowest BCUT2D eigenvalue weighted by molar-refractivity contribution is -0.386. The Balaban J connectivity index is 1.37. The molecule has 4 aromatic rings. The van der Waals surface area contributed by atoms with Crippen LogP contribution in [0, 0.1) is 10.1 Å². The number of hydrogen-bond donors (Lipinski definition) is 2. The predicted molar refractivity (Wildman–Crippen MR) is 126 cm³/mol. The third-order valence-electron chi connectivity index (χ3n) is 4.91. The van der Waals surface area contributed by atoms with Crippen LogP contribution in [0.1, 0.15) is 27.9 Å².